The molecule has 19 heavy (non-hydrogen) atoms. The lowest BCUT2D eigenvalue weighted by atomic mass is 9.97. The van der Waals surface area contributed by atoms with Crippen molar-refractivity contribution in [1.82, 2.24) is 0 Å². The number of halogens is 3. The van der Waals surface area contributed by atoms with Crippen molar-refractivity contribution >= 4 is 18.0 Å². The van der Waals surface area contributed by atoms with Crippen LogP contribution in [0.4, 0.5) is 13.2 Å². The van der Waals surface area contributed by atoms with Gasteiger partial charge < -0.3 is 0 Å². The molecule has 5 nitrogen and oxygen atoms in total. The highest BCUT2D eigenvalue weighted by Gasteiger charge is 2.44. The lowest BCUT2D eigenvalue weighted by molar-refractivity contribution is -0.282. The average molecular weight is 326 g/mol. The van der Waals surface area contributed by atoms with E-state index in [0.29, 0.717) is 5.66 Å². The van der Waals surface area contributed by atoms with E-state index in [1.807, 2.05) is 0 Å². The number of hydrogen-bond donors (Lipinski definition) is 2. The first-order chi connectivity index (χ1) is 8.50. The molecule has 0 aromatic heterocycles. The summed E-state index contributed by atoms with van der Waals surface area (Å²) in [5.74, 6) is 0. The molecule has 0 bridgehead atoms. The molecule has 0 aromatic rings. The van der Waals surface area contributed by atoms with Gasteiger partial charge >= 0.3 is 15.6 Å². The van der Waals surface area contributed by atoms with E-state index in [1.54, 1.807) is 0 Å². The fourth-order valence-electron chi connectivity index (χ4n) is 1.79. The number of alkyl halides is 3. The van der Waals surface area contributed by atoms with E-state index in [-0.39, 0.29) is 14.0 Å². The van der Waals surface area contributed by atoms with Crippen molar-refractivity contribution in [1.29, 1.82) is 0 Å². The predicted octanol–water partition coefficient (Wildman–Crippen LogP) is 2.92. The van der Waals surface area contributed by atoms with Crippen LogP contribution < -0.4 is 0 Å². The lowest BCUT2D eigenvalue weighted by Gasteiger charge is -2.31. The summed E-state index contributed by atoms with van der Waals surface area (Å²) < 4.78 is 57.5. The Bertz CT molecular complexity index is 357. The molecule has 2 N–H and O–H groups in total. The monoisotopic (exact) mass is 326 g/mol. The van der Waals surface area contributed by atoms with Crippen LogP contribution in [0.5, 0.6) is 0 Å². The first kappa shape index (κ1) is 19.1. The van der Waals surface area contributed by atoms with Crippen molar-refractivity contribution in [3.63, 3.8) is 0 Å². The van der Waals surface area contributed by atoms with Gasteiger partial charge in [0.15, 0.2) is 0 Å². The Morgan fingerprint density at radius 1 is 1.21 bits per heavy atom. The van der Waals surface area contributed by atoms with Gasteiger partial charge in [-0.2, -0.15) is 21.6 Å². The molecule has 0 spiro atoms. The molecule has 0 radical (unpaired) electrons. The van der Waals surface area contributed by atoms with Gasteiger partial charge in [-0.05, 0) is 26.2 Å². The molecule has 1 aliphatic rings. The highest BCUT2D eigenvalue weighted by Crippen LogP contribution is 2.42. The topological polar surface area (TPSA) is 83.8 Å². The predicted molar refractivity (Wildman–Crippen MR) is 66.1 cm³/mol. The van der Waals surface area contributed by atoms with Crippen LogP contribution in [0.15, 0.2) is 0 Å². The maximum Gasteiger partial charge on any atom is 0.522 e. The SMILES string of the molecule is CP(C)C1CCCCC1OO.O=S(=O)(O)C(F)(F)F. The van der Waals surface area contributed by atoms with Crippen LogP contribution in [0.1, 0.15) is 25.7 Å². The zero-order valence-electron chi connectivity index (χ0n) is 10.6. The second kappa shape index (κ2) is 7.73. The second-order valence-electron chi connectivity index (χ2n) is 4.38. The molecule has 0 aromatic carbocycles. The van der Waals surface area contributed by atoms with Crippen LogP contribution in [-0.4, -0.2) is 48.8 Å². The Morgan fingerprint density at radius 2 is 1.63 bits per heavy atom. The van der Waals surface area contributed by atoms with Crippen molar-refractivity contribution in [2.75, 3.05) is 13.3 Å². The molecular weight excluding hydrogens is 308 g/mol. The summed E-state index contributed by atoms with van der Waals surface area (Å²) in [4.78, 5) is 4.48. The largest absolute Gasteiger partial charge is 0.522 e. The number of rotatable bonds is 2. The fraction of sp³-hybridized carbons (Fsp3) is 1.00. The van der Waals surface area contributed by atoms with Gasteiger partial charge in [0.2, 0.25) is 0 Å². The lowest BCUT2D eigenvalue weighted by Crippen LogP contribution is -2.29. The first-order valence-corrected chi connectivity index (χ1v) is 9.25. The van der Waals surface area contributed by atoms with Gasteiger partial charge in [-0.3, -0.25) is 9.81 Å². The summed E-state index contributed by atoms with van der Waals surface area (Å²) in [7, 11) is -5.79. The third-order valence-electron chi connectivity index (χ3n) is 2.76. The van der Waals surface area contributed by atoms with Crippen molar-refractivity contribution in [2.45, 2.75) is 43.0 Å². The summed E-state index contributed by atoms with van der Waals surface area (Å²) in [6.45, 7) is 4.52. The van der Waals surface area contributed by atoms with Gasteiger partial charge in [0.05, 0.1) is 6.10 Å². The van der Waals surface area contributed by atoms with Crippen LogP contribution in [0, 0.1) is 0 Å². The Balaban J connectivity index is 0.000000362. The Labute approximate surface area is 111 Å². The smallest absolute Gasteiger partial charge is 0.279 e. The molecule has 0 aliphatic heterocycles. The molecule has 1 rings (SSSR count). The quantitative estimate of drug-likeness (QED) is 0.268. The van der Waals surface area contributed by atoms with Gasteiger partial charge in [-0.1, -0.05) is 12.8 Å². The molecule has 1 aliphatic carbocycles. The molecule has 1 fully saturated rings. The van der Waals surface area contributed by atoms with E-state index in [1.165, 1.54) is 19.3 Å². The normalized spacial score (nSPS) is 24.8. The van der Waals surface area contributed by atoms with Gasteiger partial charge in [-0.25, -0.2) is 4.89 Å². The van der Waals surface area contributed by atoms with Crippen molar-refractivity contribution in [3.8, 4) is 0 Å². The van der Waals surface area contributed by atoms with E-state index in [4.69, 9.17) is 18.2 Å². The van der Waals surface area contributed by atoms with E-state index < -0.39 is 15.6 Å². The minimum Gasteiger partial charge on any atom is -0.279 e. The Morgan fingerprint density at radius 3 is 1.89 bits per heavy atom. The van der Waals surface area contributed by atoms with Crippen molar-refractivity contribution in [2.24, 2.45) is 0 Å². The standard InChI is InChI=1S/C8H17O2P.CHF3O3S/c1-11(2)8-6-4-3-5-7(8)10-9;2-1(3,4)8(5,6)7/h7-9H,3-6H2,1-2H3;(H,5,6,7). The van der Waals surface area contributed by atoms with Crippen molar-refractivity contribution < 1.29 is 36.3 Å². The molecule has 2 unspecified atom stereocenters. The molecule has 1 saturated carbocycles. The zero-order valence-corrected chi connectivity index (χ0v) is 12.3. The Hall–Kier alpha value is 0.0500. The summed E-state index contributed by atoms with van der Waals surface area (Å²) in [5, 5.41) is 8.62. The maximum absolute atomic E-state index is 10.7. The van der Waals surface area contributed by atoms with E-state index >= 15 is 0 Å². The van der Waals surface area contributed by atoms with E-state index in [2.05, 4.69) is 18.2 Å². The van der Waals surface area contributed by atoms with Gasteiger partial charge in [0.1, 0.15) is 0 Å². The van der Waals surface area contributed by atoms with Crippen LogP contribution in [0.25, 0.3) is 0 Å². The molecule has 0 saturated heterocycles. The summed E-state index contributed by atoms with van der Waals surface area (Å²) >= 11 is 0. The molecular formula is C9H18F3O5PS. The van der Waals surface area contributed by atoms with Gasteiger partial charge in [-0.15, -0.1) is 7.92 Å². The van der Waals surface area contributed by atoms with Crippen LogP contribution >= 0.6 is 7.92 Å². The minimum absolute atomic E-state index is 0.0512. The highest BCUT2D eigenvalue weighted by molar-refractivity contribution is 7.86. The summed E-state index contributed by atoms with van der Waals surface area (Å²) in [6, 6.07) is 0. The number of hydrogen-bond acceptors (Lipinski definition) is 4. The Kier molecular flexibility index (Phi) is 7.75. The van der Waals surface area contributed by atoms with E-state index in [9.17, 15) is 13.2 Å². The first-order valence-electron chi connectivity index (χ1n) is 5.51. The minimum atomic E-state index is -5.84. The van der Waals surface area contributed by atoms with Gasteiger partial charge in [0.25, 0.3) is 0 Å². The zero-order chi connectivity index (χ0) is 15.3. The molecule has 2 atom stereocenters. The van der Waals surface area contributed by atoms with Crippen LogP contribution in [-0.2, 0) is 15.0 Å². The molecule has 0 heterocycles. The third-order valence-corrected chi connectivity index (χ3v) is 5.26. The second-order valence-corrected chi connectivity index (χ2v) is 8.38. The molecule has 10 heteroatoms. The molecule has 0 amide bonds. The van der Waals surface area contributed by atoms with E-state index in [0.717, 1.165) is 6.42 Å². The summed E-state index contributed by atoms with van der Waals surface area (Å²) in [5.41, 5.74) is -4.91. The van der Waals surface area contributed by atoms with Gasteiger partial charge in [0, 0.05) is 5.66 Å². The van der Waals surface area contributed by atoms with Crippen molar-refractivity contribution in [3.05, 3.63) is 0 Å². The fourth-order valence-corrected chi connectivity index (χ4v) is 3.36. The summed E-state index contributed by atoms with van der Waals surface area (Å²) in [6.07, 6.45) is 4.94. The average Bonchev–Trinajstić information content (AvgIpc) is 2.27. The van der Waals surface area contributed by atoms with Crippen LogP contribution in [0.2, 0.25) is 0 Å². The third kappa shape index (κ3) is 6.85. The highest BCUT2D eigenvalue weighted by atomic mass is 32.2. The maximum atomic E-state index is 10.7. The van der Waals surface area contributed by atoms with Crippen LogP contribution in [0.3, 0.4) is 0 Å². The molecule has 116 valence electrons.